The molecule has 122 valence electrons. The third kappa shape index (κ3) is 12.9. The molecule has 0 aliphatic heterocycles. The van der Waals surface area contributed by atoms with E-state index in [0.717, 1.165) is 6.42 Å². The molecule has 0 fully saturated rings. The molecule has 0 amide bonds. The van der Waals surface area contributed by atoms with Gasteiger partial charge in [0.2, 0.25) is 0 Å². The summed E-state index contributed by atoms with van der Waals surface area (Å²) < 4.78 is -0.141. The van der Waals surface area contributed by atoms with Crippen LogP contribution in [0.2, 0.25) is 0 Å². The highest BCUT2D eigenvalue weighted by Crippen LogP contribution is 2.15. The van der Waals surface area contributed by atoms with Crippen LogP contribution in [0.3, 0.4) is 0 Å². The number of hydrogen-bond donors (Lipinski definition) is 0. The van der Waals surface area contributed by atoms with E-state index in [9.17, 15) is 5.21 Å². The molecule has 0 aromatic heterocycles. The van der Waals surface area contributed by atoms with E-state index < -0.39 is 0 Å². The summed E-state index contributed by atoms with van der Waals surface area (Å²) in [6, 6.07) is 0.248. The smallest absolute Gasteiger partial charge is 0.0854 e. The van der Waals surface area contributed by atoms with Crippen molar-refractivity contribution in [3.8, 4) is 0 Å². The topological polar surface area (TPSA) is 23.1 Å². The standard InChI is InChI=1S/C18H39NO/c1-5-6-7-8-9-10-11-12-13-14-15-16-17-18(2)19(3,4)20/h18H,5-17H2,1-4H3. The van der Waals surface area contributed by atoms with Crippen LogP contribution in [0.5, 0.6) is 0 Å². The third-order valence-electron chi connectivity index (χ3n) is 4.54. The molecule has 0 heterocycles. The van der Waals surface area contributed by atoms with E-state index >= 15 is 0 Å². The number of rotatable bonds is 14. The second-order valence-electron chi connectivity index (χ2n) is 6.96. The molecule has 0 aromatic rings. The van der Waals surface area contributed by atoms with Crippen molar-refractivity contribution in [3.63, 3.8) is 0 Å². The van der Waals surface area contributed by atoms with E-state index in [-0.39, 0.29) is 10.7 Å². The Labute approximate surface area is 128 Å². The average molecular weight is 286 g/mol. The van der Waals surface area contributed by atoms with Crippen LogP contribution in [0.4, 0.5) is 0 Å². The van der Waals surface area contributed by atoms with E-state index in [1.807, 2.05) is 0 Å². The summed E-state index contributed by atoms with van der Waals surface area (Å²) in [4.78, 5) is 0. The van der Waals surface area contributed by atoms with Crippen LogP contribution in [0, 0.1) is 5.21 Å². The van der Waals surface area contributed by atoms with Crippen molar-refractivity contribution in [1.29, 1.82) is 0 Å². The van der Waals surface area contributed by atoms with Crippen molar-refractivity contribution >= 4 is 0 Å². The Hall–Kier alpha value is -0.0800. The Balaban J connectivity index is 3.14. The van der Waals surface area contributed by atoms with Gasteiger partial charge >= 0.3 is 0 Å². The van der Waals surface area contributed by atoms with Crippen molar-refractivity contribution in [3.05, 3.63) is 5.21 Å². The highest BCUT2D eigenvalue weighted by Gasteiger charge is 2.12. The summed E-state index contributed by atoms with van der Waals surface area (Å²) in [5.41, 5.74) is 0. The SMILES string of the molecule is CCCCCCCCCCCCCCC(C)[N+](C)(C)[O-]. The molecule has 0 saturated carbocycles. The first-order chi connectivity index (χ1) is 9.48. The molecule has 2 nitrogen and oxygen atoms in total. The maximum Gasteiger partial charge on any atom is 0.0854 e. The molecule has 0 aliphatic rings. The third-order valence-corrected chi connectivity index (χ3v) is 4.54. The molecule has 0 N–H and O–H groups in total. The summed E-state index contributed by atoms with van der Waals surface area (Å²) in [5, 5.41) is 11.7. The Morgan fingerprint density at radius 3 is 1.40 bits per heavy atom. The zero-order valence-electron chi connectivity index (χ0n) is 14.6. The zero-order valence-corrected chi connectivity index (χ0v) is 14.6. The van der Waals surface area contributed by atoms with E-state index in [4.69, 9.17) is 0 Å². The van der Waals surface area contributed by atoms with Crippen LogP contribution in [-0.4, -0.2) is 24.8 Å². The van der Waals surface area contributed by atoms with Gasteiger partial charge in [-0.05, 0) is 19.8 Å². The Morgan fingerprint density at radius 1 is 0.700 bits per heavy atom. The van der Waals surface area contributed by atoms with E-state index in [1.165, 1.54) is 77.0 Å². The summed E-state index contributed by atoms with van der Waals surface area (Å²) in [5.74, 6) is 0. The second-order valence-corrected chi connectivity index (χ2v) is 6.96. The van der Waals surface area contributed by atoms with E-state index in [0.29, 0.717) is 0 Å². The molecule has 0 radical (unpaired) electrons. The monoisotopic (exact) mass is 285 g/mol. The fourth-order valence-corrected chi connectivity index (χ4v) is 2.59. The van der Waals surface area contributed by atoms with Gasteiger partial charge in [0.15, 0.2) is 0 Å². The lowest BCUT2D eigenvalue weighted by atomic mass is 10.0. The van der Waals surface area contributed by atoms with Crippen LogP contribution in [0.15, 0.2) is 0 Å². The fourth-order valence-electron chi connectivity index (χ4n) is 2.59. The van der Waals surface area contributed by atoms with Crippen LogP contribution in [0.1, 0.15) is 97.3 Å². The number of quaternary nitrogens is 1. The van der Waals surface area contributed by atoms with Crippen LogP contribution >= 0.6 is 0 Å². The summed E-state index contributed by atoms with van der Waals surface area (Å²) in [6.07, 6.45) is 17.7. The summed E-state index contributed by atoms with van der Waals surface area (Å²) >= 11 is 0. The molecular formula is C18H39NO. The molecule has 0 rings (SSSR count). The first-order valence-corrected chi connectivity index (χ1v) is 9.03. The molecule has 0 spiro atoms. The van der Waals surface area contributed by atoms with Gasteiger partial charge in [0, 0.05) is 0 Å². The Morgan fingerprint density at radius 2 is 1.05 bits per heavy atom. The molecule has 2 heteroatoms. The van der Waals surface area contributed by atoms with Gasteiger partial charge < -0.3 is 9.85 Å². The Bertz CT molecular complexity index is 198. The van der Waals surface area contributed by atoms with E-state index in [1.54, 1.807) is 14.1 Å². The van der Waals surface area contributed by atoms with Gasteiger partial charge in [-0.15, -0.1) is 0 Å². The van der Waals surface area contributed by atoms with Crippen molar-refractivity contribution in [2.75, 3.05) is 14.1 Å². The molecule has 1 unspecified atom stereocenters. The lowest BCUT2D eigenvalue weighted by Gasteiger charge is -2.40. The predicted molar refractivity (Wildman–Crippen MR) is 90.6 cm³/mol. The van der Waals surface area contributed by atoms with Crippen molar-refractivity contribution in [1.82, 2.24) is 0 Å². The molecular weight excluding hydrogens is 246 g/mol. The lowest BCUT2D eigenvalue weighted by molar-refractivity contribution is -0.864. The van der Waals surface area contributed by atoms with Gasteiger partial charge in [-0.2, -0.15) is 0 Å². The quantitative estimate of drug-likeness (QED) is 0.217. The first kappa shape index (κ1) is 19.9. The van der Waals surface area contributed by atoms with E-state index in [2.05, 4.69) is 13.8 Å². The summed E-state index contributed by atoms with van der Waals surface area (Å²) in [7, 11) is 3.51. The Kier molecular flexibility index (Phi) is 12.6. The lowest BCUT2D eigenvalue weighted by Crippen LogP contribution is -2.41. The minimum absolute atomic E-state index is 0.141. The predicted octanol–water partition coefficient (Wildman–Crippen LogP) is 6.04. The van der Waals surface area contributed by atoms with Gasteiger partial charge in [-0.1, -0.05) is 77.6 Å². The van der Waals surface area contributed by atoms with Crippen molar-refractivity contribution in [2.45, 2.75) is 103 Å². The van der Waals surface area contributed by atoms with Gasteiger partial charge in [-0.25, -0.2) is 0 Å². The maximum absolute atomic E-state index is 11.7. The maximum atomic E-state index is 11.7. The molecule has 0 aromatic carbocycles. The number of unbranched alkanes of at least 4 members (excludes halogenated alkanes) is 11. The minimum Gasteiger partial charge on any atom is -0.633 e. The van der Waals surface area contributed by atoms with Crippen molar-refractivity contribution < 1.29 is 4.65 Å². The minimum atomic E-state index is -0.141. The van der Waals surface area contributed by atoms with Crippen LogP contribution < -0.4 is 0 Å². The normalized spacial score (nSPS) is 13.7. The molecule has 0 bridgehead atoms. The van der Waals surface area contributed by atoms with Crippen molar-refractivity contribution in [2.24, 2.45) is 0 Å². The van der Waals surface area contributed by atoms with Crippen LogP contribution in [0.25, 0.3) is 0 Å². The van der Waals surface area contributed by atoms with Gasteiger partial charge in [0.25, 0.3) is 0 Å². The largest absolute Gasteiger partial charge is 0.633 e. The zero-order chi connectivity index (χ0) is 15.3. The highest BCUT2D eigenvalue weighted by atomic mass is 16.5. The molecule has 0 aliphatic carbocycles. The molecule has 1 atom stereocenters. The molecule has 0 saturated heterocycles. The second kappa shape index (κ2) is 12.6. The summed E-state index contributed by atoms with van der Waals surface area (Å²) in [6.45, 7) is 4.35. The number of nitrogens with zero attached hydrogens (tertiary/aromatic N) is 1. The number of hydrogen-bond acceptors (Lipinski definition) is 1. The number of hydroxylamine groups is 3. The first-order valence-electron chi connectivity index (χ1n) is 9.03. The highest BCUT2D eigenvalue weighted by molar-refractivity contribution is 4.54. The molecule has 20 heavy (non-hydrogen) atoms. The van der Waals surface area contributed by atoms with Gasteiger partial charge in [0.05, 0.1) is 20.1 Å². The van der Waals surface area contributed by atoms with Crippen LogP contribution in [-0.2, 0) is 0 Å². The van der Waals surface area contributed by atoms with Gasteiger partial charge in [-0.3, -0.25) is 0 Å². The van der Waals surface area contributed by atoms with Gasteiger partial charge in [0.1, 0.15) is 0 Å². The average Bonchev–Trinajstić information content (AvgIpc) is 2.38. The fraction of sp³-hybridized carbons (Fsp3) is 1.00.